The minimum Gasteiger partial charge on any atom is -0.337 e. The molecule has 0 fully saturated rings. The van der Waals surface area contributed by atoms with E-state index in [1.165, 1.54) is 0 Å². The molecule has 7 nitrogen and oxygen atoms in total. The molecule has 2 heterocycles. The normalized spacial score (nSPS) is 10.8. The largest absolute Gasteiger partial charge is 0.337 e. The Morgan fingerprint density at radius 1 is 1.26 bits per heavy atom. The van der Waals surface area contributed by atoms with Crippen molar-refractivity contribution in [1.82, 2.24) is 14.7 Å². The van der Waals surface area contributed by atoms with Crippen LogP contribution < -0.4 is 0 Å². The van der Waals surface area contributed by atoms with Crippen molar-refractivity contribution in [1.29, 1.82) is 0 Å². The highest BCUT2D eigenvalue weighted by Gasteiger charge is 2.21. The fourth-order valence-corrected chi connectivity index (χ4v) is 3.72. The van der Waals surface area contributed by atoms with Gasteiger partial charge in [0.2, 0.25) is 0 Å². The Bertz CT molecular complexity index is 962. The van der Waals surface area contributed by atoms with Crippen LogP contribution in [0.1, 0.15) is 32.2 Å². The standard InChI is InChI=1S/C19H20N4O3S/c1-13-18(23(25)26)14(2)22(20-13)11-15-6-8-16(9-7-15)19(24)21(3)12-17-5-4-10-27-17/h4-10H,11-12H2,1-3H3. The van der Waals surface area contributed by atoms with Crippen molar-refractivity contribution in [3.63, 3.8) is 0 Å². The van der Waals surface area contributed by atoms with Gasteiger partial charge in [-0.3, -0.25) is 19.6 Å². The van der Waals surface area contributed by atoms with E-state index < -0.39 is 4.92 Å². The van der Waals surface area contributed by atoms with E-state index in [4.69, 9.17) is 0 Å². The SMILES string of the molecule is Cc1nn(Cc2ccc(C(=O)N(C)Cc3cccs3)cc2)c(C)c1[N+](=O)[O-]. The van der Waals surface area contributed by atoms with Crippen molar-refractivity contribution in [2.75, 3.05) is 7.05 Å². The minimum atomic E-state index is -0.403. The summed E-state index contributed by atoms with van der Waals surface area (Å²) in [5.41, 5.74) is 2.51. The van der Waals surface area contributed by atoms with Crippen LogP contribution in [0.25, 0.3) is 0 Å². The lowest BCUT2D eigenvalue weighted by Gasteiger charge is -2.16. The van der Waals surface area contributed by atoms with Gasteiger partial charge < -0.3 is 4.90 Å². The molecule has 0 atom stereocenters. The zero-order valence-electron chi connectivity index (χ0n) is 15.4. The summed E-state index contributed by atoms with van der Waals surface area (Å²) in [7, 11) is 1.78. The molecule has 0 unspecified atom stereocenters. The smallest absolute Gasteiger partial charge is 0.312 e. The molecule has 0 N–H and O–H groups in total. The second-order valence-corrected chi connectivity index (χ2v) is 7.40. The Balaban J connectivity index is 1.71. The predicted molar refractivity (Wildman–Crippen MR) is 104 cm³/mol. The molecule has 0 aliphatic carbocycles. The molecule has 8 heteroatoms. The third-order valence-corrected chi connectivity index (χ3v) is 5.24. The molecule has 2 aromatic heterocycles. The second-order valence-electron chi connectivity index (χ2n) is 6.37. The molecule has 140 valence electrons. The third-order valence-electron chi connectivity index (χ3n) is 4.38. The van der Waals surface area contributed by atoms with Crippen LogP contribution in [-0.4, -0.2) is 32.6 Å². The lowest BCUT2D eigenvalue weighted by molar-refractivity contribution is -0.386. The number of carbonyl (C=O) groups is 1. The molecule has 0 saturated carbocycles. The lowest BCUT2D eigenvalue weighted by atomic mass is 10.1. The first-order valence-corrected chi connectivity index (χ1v) is 9.30. The molecule has 1 amide bonds. The highest BCUT2D eigenvalue weighted by Crippen LogP contribution is 2.22. The van der Waals surface area contributed by atoms with E-state index in [0.29, 0.717) is 30.0 Å². The number of benzene rings is 1. The van der Waals surface area contributed by atoms with Gasteiger partial charge in [-0.15, -0.1) is 11.3 Å². The Morgan fingerprint density at radius 2 is 1.96 bits per heavy atom. The van der Waals surface area contributed by atoms with Gasteiger partial charge in [0.05, 0.1) is 18.0 Å². The summed E-state index contributed by atoms with van der Waals surface area (Å²) in [6.07, 6.45) is 0. The van der Waals surface area contributed by atoms with E-state index in [9.17, 15) is 14.9 Å². The number of thiophene rings is 1. The van der Waals surface area contributed by atoms with Gasteiger partial charge in [-0.05, 0) is 43.0 Å². The maximum absolute atomic E-state index is 12.6. The molecule has 0 bridgehead atoms. The van der Waals surface area contributed by atoms with Crippen LogP contribution in [0.15, 0.2) is 41.8 Å². The van der Waals surface area contributed by atoms with Gasteiger partial charge in [-0.25, -0.2) is 0 Å². The van der Waals surface area contributed by atoms with Gasteiger partial charge in [0.15, 0.2) is 0 Å². The molecule has 0 aliphatic rings. The van der Waals surface area contributed by atoms with Crippen LogP contribution in [0.2, 0.25) is 0 Å². The fraction of sp³-hybridized carbons (Fsp3) is 0.263. The fourth-order valence-electron chi connectivity index (χ4n) is 2.96. The van der Waals surface area contributed by atoms with E-state index in [2.05, 4.69) is 5.10 Å². The van der Waals surface area contributed by atoms with Gasteiger partial charge in [0.25, 0.3) is 5.91 Å². The van der Waals surface area contributed by atoms with Crippen molar-refractivity contribution < 1.29 is 9.72 Å². The molecular weight excluding hydrogens is 364 g/mol. The average Bonchev–Trinajstić information content (AvgIpc) is 3.23. The Kier molecular flexibility index (Phi) is 5.36. The molecule has 3 rings (SSSR count). The third kappa shape index (κ3) is 4.06. The Labute approximate surface area is 161 Å². The number of nitro groups is 1. The Morgan fingerprint density at radius 3 is 2.52 bits per heavy atom. The van der Waals surface area contributed by atoms with Gasteiger partial charge >= 0.3 is 5.69 Å². The number of aromatic nitrogens is 2. The number of hydrogen-bond acceptors (Lipinski definition) is 5. The zero-order valence-corrected chi connectivity index (χ0v) is 16.2. The van der Waals surface area contributed by atoms with Crippen molar-refractivity contribution in [3.8, 4) is 0 Å². The summed E-state index contributed by atoms with van der Waals surface area (Å²) < 4.78 is 1.62. The summed E-state index contributed by atoms with van der Waals surface area (Å²) in [5.74, 6) is -0.0447. The molecule has 27 heavy (non-hydrogen) atoms. The quantitative estimate of drug-likeness (QED) is 0.478. The molecule has 1 aromatic carbocycles. The average molecular weight is 384 g/mol. The van der Waals surface area contributed by atoms with E-state index in [1.807, 2.05) is 29.6 Å². The van der Waals surface area contributed by atoms with Crippen LogP contribution in [0.3, 0.4) is 0 Å². The van der Waals surface area contributed by atoms with Gasteiger partial charge in [-0.2, -0.15) is 5.10 Å². The molecule has 0 aliphatic heterocycles. The van der Waals surface area contributed by atoms with Crippen LogP contribution in [0.5, 0.6) is 0 Å². The van der Waals surface area contributed by atoms with Crippen molar-refractivity contribution >= 4 is 22.9 Å². The second kappa shape index (κ2) is 7.71. The van der Waals surface area contributed by atoms with Crippen LogP contribution in [-0.2, 0) is 13.1 Å². The molecule has 3 aromatic rings. The summed E-state index contributed by atoms with van der Waals surface area (Å²) >= 11 is 1.62. The van der Waals surface area contributed by atoms with E-state index in [0.717, 1.165) is 10.4 Å². The summed E-state index contributed by atoms with van der Waals surface area (Å²) in [4.78, 5) is 26.1. The van der Waals surface area contributed by atoms with E-state index in [-0.39, 0.29) is 11.6 Å². The van der Waals surface area contributed by atoms with Crippen LogP contribution >= 0.6 is 11.3 Å². The minimum absolute atomic E-state index is 0.0447. The first-order valence-electron chi connectivity index (χ1n) is 8.42. The molecule has 0 spiro atoms. The number of rotatable bonds is 6. The number of nitrogens with zero attached hydrogens (tertiary/aromatic N) is 4. The van der Waals surface area contributed by atoms with E-state index >= 15 is 0 Å². The first-order chi connectivity index (χ1) is 12.9. The first kappa shape index (κ1) is 18.8. The van der Waals surface area contributed by atoms with Gasteiger partial charge in [0.1, 0.15) is 11.4 Å². The van der Waals surface area contributed by atoms with Crippen molar-refractivity contribution in [3.05, 3.63) is 79.3 Å². The topological polar surface area (TPSA) is 81.3 Å². The highest BCUT2D eigenvalue weighted by atomic mass is 32.1. The zero-order chi connectivity index (χ0) is 19.6. The van der Waals surface area contributed by atoms with E-state index in [1.54, 1.807) is 53.9 Å². The van der Waals surface area contributed by atoms with Crippen molar-refractivity contribution in [2.24, 2.45) is 0 Å². The van der Waals surface area contributed by atoms with Crippen LogP contribution in [0, 0.1) is 24.0 Å². The highest BCUT2D eigenvalue weighted by molar-refractivity contribution is 7.09. The van der Waals surface area contributed by atoms with Crippen LogP contribution in [0.4, 0.5) is 5.69 Å². The predicted octanol–water partition coefficient (Wildman–Crippen LogP) is 3.79. The Hall–Kier alpha value is -3.00. The molecule has 0 radical (unpaired) electrons. The number of amides is 1. The summed E-state index contributed by atoms with van der Waals surface area (Å²) in [5, 5.41) is 17.4. The number of aryl methyl sites for hydroxylation is 1. The number of carbonyl (C=O) groups excluding carboxylic acids is 1. The van der Waals surface area contributed by atoms with Gasteiger partial charge in [0, 0.05) is 17.5 Å². The maximum Gasteiger partial charge on any atom is 0.312 e. The molecule has 0 saturated heterocycles. The number of hydrogen-bond donors (Lipinski definition) is 0. The summed E-state index contributed by atoms with van der Waals surface area (Å²) in [6.45, 7) is 4.32. The monoisotopic (exact) mass is 384 g/mol. The lowest BCUT2D eigenvalue weighted by Crippen LogP contribution is -2.25. The van der Waals surface area contributed by atoms with Gasteiger partial charge in [-0.1, -0.05) is 18.2 Å². The summed E-state index contributed by atoms with van der Waals surface area (Å²) in [6, 6.07) is 11.2. The molecular formula is C19H20N4O3S. The maximum atomic E-state index is 12.6. The van der Waals surface area contributed by atoms with Crippen molar-refractivity contribution in [2.45, 2.75) is 26.9 Å².